The molecule has 350 valence electrons. The molecule has 61 heavy (non-hydrogen) atoms. The van der Waals surface area contributed by atoms with Crippen LogP contribution in [-0.4, -0.2) is 46.9 Å². The standard InChI is InChI=1S/C55H95NO5/c1-4-7-10-13-16-19-22-24-26-28-30-32-34-37-40-43-46-51(49-54(59)56-52(50-57)53(58)47-44-41-38-35-21-18-15-12-9-6-3)61-55(60)48-45-42-39-36-33-31-29-27-25-23-20-17-14-11-8-5-2/h8,11,17,20,22,24-28,30-33,51-53,57-58H,4-7,9-10,12-16,18-19,21,23,29,34-50H2,1-3H3,(H,56,59)/b11-8+,20-17+,24-22+,27-25+,28-26+,32-30+,33-31+. The molecule has 6 nitrogen and oxygen atoms in total. The van der Waals surface area contributed by atoms with Crippen LogP contribution in [0.5, 0.6) is 0 Å². The van der Waals surface area contributed by atoms with Crippen LogP contribution < -0.4 is 5.32 Å². The van der Waals surface area contributed by atoms with Gasteiger partial charge < -0.3 is 20.3 Å². The summed E-state index contributed by atoms with van der Waals surface area (Å²) in [7, 11) is 0. The third-order valence-electron chi connectivity index (χ3n) is 11.0. The van der Waals surface area contributed by atoms with Crippen molar-refractivity contribution < 1.29 is 24.5 Å². The van der Waals surface area contributed by atoms with E-state index in [1.165, 1.54) is 77.0 Å². The van der Waals surface area contributed by atoms with Gasteiger partial charge in [-0.05, 0) is 89.9 Å². The van der Waals surface area contributed by atoms with Crippen molar-refractivity contribution in [1.82, 2.24) is 5.32 Å². The summed E-state index contributed by atoms with van der Waals surface area (Å²) in [6, 6.07) is -0.723. The number of ether oxygens (including phenoxy) is 1. The molecule has 0 heterocycles. The molecular weight excluding hydrogens is 755 g/mol. The number of hydrogen-bond donors (Lipinski definition) is 3. The predicted molar refractivity (Wildman–Crippen MR) is 264 cm³/mol. The summed E-state index contributed by atoms with van der Waals surface area (Å²) in [5.41, 5.74) is 0. The van der Waals surface area contributed by atoms with E-state index >= 15 is 0 Å². The number of amides is 1. The maximum Gasteiger partial charge on any atom is 0.306 e. The minimum Gasteiger partial charge on any atom is -0.462 e. The van der Waals surface area contributed by atoms with Gasteiger partial charge in [-0.3, -0.25) is 9.59 Å². The number of carbonyl (C=O) groups is 2. The lowest BCUT2D eigenvalue weighted by Crippen LogP contribution is -2.46. The van der Waals surface area contributed by atoms with Crippen LogP contribution in [0, 0.1) is 0 Å². The molecule has 0 spiro atoms. The van der Waals surface area contributed by atoms with Crippen molar-refractivity contribution in [3.05, 3.63) is 85.1 Å². The van der Waals surface area contributed by atoms with Crippen molar-refractivity contribution >= 4 is 11.9 Å². The van der Waals surface area contributed by atoms with Gasteiger partial charge in [0, 0.05) is 6.42 Å². The number of aliphatic hydroxyl groups is 2. The Kier molecular flexibility index (Phi) is 45.7. The molecular formula is C55H95NO5. The molecule has 0 bridgehead atoms. The van der Waals surface area contributed by atoms with Crippen LogP contribution in [0.15, 0.2) is 85.1 Å². The van der Waals surface area contributed by atoms with Gasteiger partial charge in [-0.1, -0.05) is 209 Å². The molecule has 0 radical (unpaired) electrons. The third-order valence-corrected chi connectivity index (χ3v) is 11.0. The van der Waals surface area contributed by atoms with Gasteiger partial charge >= 0.3 is 5.97 Å². The van der Waals surface area contributed by atoms with E-state index < -0.39 is 18.2 Å². The molecule has 3 atom stereocenters. The Balaban J connectivity index is 4.74. The molecule has 0 aromatic carbocycles. The van der Waals surface area contributed by atoms with Gasteiger partial charge in [0.2, 0.25) is 5.91 Å². The van der Waals surface area contributed by atoms with Crippen molar-refractivity contribution in [2.45, 2.75) is 244 Å². The van der Waals surface area contributed by atoms with E-state index in [2.05, 4.69) is 111 Å². The van der Waals surface area contributed by atoms with E-state index in [4.69, 9.17) is 4.74 Å². The number of hydrogen-bond acceptors (Lipinski definition) is 5. The van der Waals surface area contributed by atoms with Crippen LogP contribution in [0.25, 0.3) is 0 Å². The van der Waals surface area contributed by atoms with Crippen LogP contribution in [0.1, 0.15) is 226 Å². The lowest BCUT2D eigenvalue weighted by molar-refractivity contribution is -0.151. The predicted octanol–water partition coefficient (Wildman–Crippen LogP) is 15.2. The highest BCUT2D eigenvalue weighted by Gasteiger charge is 2.24. The first-order valence-electron chi connectivity index (χ1n) is 25.3. The number of carbonyl (C=O) groups excluding carboxylic acids is 2. The molecule has 0 rings (SSSR count). The van der Waals surface area contributed by atoms with Gasteiger partial charge in [-0.25, -0.2) is 0 Å². The molecule has 0 saturated carbocycles. The van der Waals surface area contributed by atoms with Crippen molar-refractivity contribution in [2.24, 2.45) is 0 Å². The Hall–Kier alpha value is -2.96. The second-order valence-electron chi connectivity index (χ2n) is 16.9. The molecule has 1 amide bonds. The molecule has 6 heteroatoms. The smallest absolute Gasteiger partial charge is 0.306 e. The number of esters is 1. The molecule has 0 saturated heterocycles. The quantitative estimate of drug-likeness (QED) is 0.0246. The van der Waals surface area contributed by atoms with Crippen molar-refractivity contribution in [3.8, 4) is 0 Å². The minimum absolute atomic E-state index is 0.0377. The zero-order valence-electron chi connectivity index (χ0n) is 39.8. The molecule has 0 aliphatic carbocycles. The SMILES string of the molecule is CC/C=C/C/C=C/C/C=C/C/C=C/CCCCCC(=O)OC(CCCCC/C=C/C=C/C=C/CCCCCCC)CC(=O)NC(CO)C(O)CCCCCCCCCCCC. The van der Waals surface area contributed by atoms with E-state index in [-0.39, 0.29) is 24.9 Å². The first-order chi connectivity index (χ1) is 30.0. The molecule has 0 fully saturated rings. The molecule has 0 aliphatic rings. The van der Waals surface area contributed by atoms with Gasteiger partial charge in [0.15, 0.2) is 0 Å². The molecule has 3 unspecified atom stereocenters. The first-order valence-corrected chi connectivity index (χ1v) is 25.3. The van der Waals surface area contributed by atoms with E-state index in [1.807, 2.05) is 0 Å². The van der Waals surface area contributed by atoms with Crippen LogP contribution >= 0.6 is 0 Å². The van der Waals surface area contributed by atoms with Crippen LogP contribution in [0.3, 0.4) is 0 Å². The van der Waals surface area contributed by atoms with Crippen LogP contribution in [-0.2, 0) is 14.3 Å². The summed E-state index contributed by atoms with van der Waals surface area (Å²) in [5, 5.41) is 23.7. The van der Waals surface area contributed by atoms with E-state index in [0.29, 0.717) is 19.3 Å². The summed E-state index contributed by atoms with van der Waals surface area (Å²) in [6.45, 7) is 6.31. The zero-order valence-corrected chi connectivity index (χ0v) is 39.8. The Labute approximate surface area is 376 Å². The number of unbranched alkanes of at least 4 members (excludes halogenated alkanes) is 20. The second kappa shape index (κ2) is 48.1. The Morgan fingerprint density at radius 3 is 1.49 bits per heavy atom. The maximum atomic E-state index is 13.2. The zero-order chi connectivity index (χ0) is 44.5. The highest BCUT2D eigenvalue weighted by Crippen LogP contribution is 2.17. The Morgan fingerprint density at radius 1 is 0.508 bits per heavy atom. The topological polar surface area (TPSA) is 95.9 Å². The van der Waals surface area contributed by atoms with Gasteiger partial charge in [0.25, 0.3) is 0 Å². The van der Waals surface area contributed by atoms with Gasteiger partial charge in [-0.15, -0.1) is 0 Å². The normalized spacial score (nSPS) is 14.0. The fourth-order valence-electron chi connectivity index (χ4n) is 7.19. The van der Waals surface area contributed by atoms with Crippen molar-refractivity contribution in [2.75, 3.05) is 6.61 Å². The van der Waals surface area contributed by atoms with Gasteiger partial charge in [0.1, 0.15) is 6.10 Å². The number of rotatable bonds is 44. The second-order valence-corrected chi connectivity index (χ2v) is 16.9. The summed E-state index contributed by atoms with van der Waals surface area (Å²) in [4.78, 5) is 26.1. The van der Waals surface area contributed by atoms with Crippen LogP contribution in [0.2, 0.25) is 0 Å². The van der Waals surface area contributed by atoms with E-state index in [1.54, 1.807) is 0 Å². The third kappa shape index (κ3) is 43.5. The average Bonchev–Trinajstić information content (AvgIpc) is 3.25. The minimum atomic E-state index is -0.806. The Bertz CT molecular complexity index is 1180. The lowest BCUT2D eigenvalue weighted by Gasteiger charge is -2.24. The molecule has 0 aromatic heterocycles. The highest BCUT2D eigenvalue weighted by molar-refractivity contribution is 5.77. The van der Waals surface area contributed by atoms with E-state index in [0.717, 1.165) is 103 Å². The van der Waals surface area contributed by atoms with Crippen molar-refractivity contribution in [3.63, 3.8) is 0 Å². The number of nitrogens with one attached hydrogen (secondary N) is 1. The molecule has 3 N–H and O–H groups in total. The molecule has 0 aromatic rings. The van der Waals surface area contributed by atoms with Crippen LogP contribution in [0.4, 0.5) is 0 Å². The summed E-state index contributed by atoms with van der Waals surface area (Å²) < 4.78 is 5.90. The average molecular weight is 850 g/mol. The van der Waals surface area contributed by atoms with Crippen molar-refractivity contribution in [1.29, 1.82) is 0 Å². The maximum absolute atomic E-state index is 13.2. The first kappa shape index (κ1) is 58.0. The molecule has 0 aliphatic heterocycles. The monoisotopic (exact) mass is 850 g/mol. The number of aliphatic hydroxyl groups excluding tert-OH is 2. The van der Waals surface area contributed by atoms with Gasteiger partial charge in [0.05, 0.1) is 25.2 Å². The van der Waals surface area contributed by atoms with Gasteiger partial charge in [-0.2, -0.15) is 0 Å². The lowest BCUT2D eigenvalue weighted by atomic mass is 10.0. The van der Waals surface area contributed by atoms with E-state index in [9.17, 15) is 19.8 Å². The highest BCUT2D eigenvalue weighted by atomic mass is 16.5. The summed E-state index contributed by atoms with van der Waals surface area (Å²) >= 11 is 0. The number of allylic oxidation sites excluding steroid dienone is 14. The summed E-state index contributed by atoms with van der Waals surface area (Å²) in [6.07, 6.45) is 62.1. The fraction of sp³-hybridized carbons (Fsp3) is 0.709. The largest absolute Gasteiger partial charge is 0.462 e. The Morgan fingerprint density at radius 2 is 0.951 bits per heavy atom. The fourth-order valence-corrected chi connectivity index (χ4v) is 7.19. The summed E-state index contributed by atoms with van der Waals surface area (Å²) in [5.74, 6) is -0.550.